The van der Waals surface area contributed by atoms with Crippen molar-refractivity contribution in [2.75, 3.05) is 25.6 Å². The molecular formula is C6H17NOS. The Kier molecular flexibility index (Phi) is 14.5. The first kappa shape index (κ1) is 11.9. The van der Waals surface area contributed by atoms with Crippen molar-refractivity contribution < 1.29 is 4.21 Å². The topological polar surface area (TPSA) is 29.1 Å². The smallest absolute Gasteiger partial charge is 0.0357 e. The highest BCUT2D eigenvalue weighted by atomic mass is 32.2. The molecule has 0 amide bonds. The monoisotopic (exact) mass is 151 g/mol. The van der Waals surface area contributed by atoms with E-state index in [2.05, 4.69) is 5.32 Å². The molecule has 0 saturated heterocycles. The minimum absolute atomic E-state index is 0.628. The molecule has 0 heterocycles. The molecule has 9 heavy (non-hydrogen) atoms. The van der Waals surface area contributed by atoms with Gasteiger partial charge in [-0.2, -0.15) is 0 Å². The van der Waals surface area contributed by atoms with E-state index >= 15 is 0 Å². The minimum atomic E-state index is -0.628. The lowest BCUT2D eigenvalue weighted by Crippen LogP contribution is -2.14. The van der Waals surface area contributed by atoms with Crippen molar-refractivity contribution in [3.63, 3.8) is 0 Å². The van der Waals surface area contributed by atoms with Gasteiger partial charge in [0.15, 0.2) is 0 Å². The molecule has 0 aliphatic rings. The molecule has 2 nitrogen and oxygen atoms in total. The first-order valence-corrected chi connectivity index (χ1v) is 4.94. The fraction of sp³-hybridized carbons (Fsp3) is 1.00. The van der Waals surface area contributed by atoms with E-state index in [1.165, 1.54) is 0 Å². The summed E-state index contributed by atoms with van der Waals surface area (Å²) in [5, 5.41) is 2.91. The van der Waals surface area contributed by atoms with Gasteiger partial charge in [0.05, 0.1) is 0 Å². The minimum Gasteiger partial charge on any atom is -0.319 e. The Balaban J connectivity index is 0. The number of nitrogens with one attached hydrogen (secondary N) is 1. The molecule has 0 aromatic carbocycles. The van der Waals surface area contributed by atoms with Gasteiger partial charge in [0.25, 0.3) is 0 Å². The second-order valence-corrected chi connectivity index (χ2v) is 2.94. The number of hydrogen-bond acceptors (Lipinski definition) is 2. The molecule has 0 aliphatic heterocycles. The first-order chi connectivity index (χ1) is 4.27. The molecule has 1 atom stereocenters. The van der Waals surface area contributed by atoms with Gasteiger partial charge in [-0.3, -0.25) is 4.21 Å². The zero-order chi connectivity index (χ0) is 7.70. The molecule has 0 bridgehead atoms. The second kappa shape index (κ2) is 11.0. The van der Waals surface area contributed by atoms with Crippen LogP contribution in [0.4, 0.5) is 0 Å². The third-order valence-electron chi connectivity index (χ3n) is 0.640. The van der Waals surface area contributed by atoms with E-state index in [0.29, 0.717) is 0 Å². The summed E-state index contributed by atoms with van der Waals surface area (Å²) in [5.41, 5.74) is 0. The van der Waals surface area contributed by atoms with Crippen LogP contribution < -0.4 is 5.32 Å². The van der Waals surface area contributed by atoms with Crippen LogP contribution in [0.3, 0.4) is 0 Å². The van der Waals surface area contributed by atoms with E-state index in [4.69, 9.17) is 0 Å². The summed E-state index contributed by atoms with van der Waals surface area (Å²) in [7, 11) is 1.23. The van der Waals surface area contributed by atoms with Crippen molar-refractivity contribution in [2.24, 2.45) is 0 Å². The highest BCUT2D eigenvalue weighted by molar-refractivity contribution is 7.84. The maximum Gasteiger partial charge on any atom is 0.0357 e. The van der Waals surface area contributed by atoms with Crippen molar-refractivity contribution in [3.05, 3.63) is 0 Å². The molecule has 1 N–H and O–H groups in total. The lowest BCUT2D eigenvalue weighted by molar-refractivity contribution is 0.684. The van der Waals surface area contributed by atoms with Crippen LogP contribution in [0, 0.1) is 0 Å². The largest absolute Gasteiger partial charge is 0.319 e. The first-order valence-electron chi connectivity index (χ1n) is 3.22. The Bertz CT molecular complexity index is 66.1. The summed E-state index contributed by atoms with van der Waals surface area (Å²) in [6, 6.07) is 0. The third kappa shape index (κ3) is 17.9. The highest BCUT2D eigenvalue weighted by Gasteiger charge is 1.84. The van der Waals surface area contributed by atoms with Gasteiger partial charge < -0.3 is 5.32 Å². The Morgan fingerprint density at radius 3 is 2.00 bits per heavy atom. The lowest BCUT2D eigenvalue weighted by Gasteiger charge is -1.91. The molecule has 3 heteroatoms. The fourth-order valence-corrected chi connectivity index (χ4v) is 0.737. The van der Waals surface area contributed by atoms with Crippen LogP contribution in [0.2, 0.25) is 0 Å². The number of rotatable bonds is 3. The van der Waals surface area contributed by atoms with Crippen molar-refractivity contribution >= 4 is 10.8 Å². The summed E-state index contributed by atoms with van der Waals surface area (Å²) >= 11 is 0. The van der Waals surface area contributed by atoms with Gasteiger partial charge in [-0.15, -0.1) is 0 Å². The second-order valence-electron chi connectivity index (χ2n) is 1.38. The SMILES string of the molecule is CC.CNCCS(C)=O. The van der Waals surface area contributed by atoms with E-state index in [0.717, 1.165) is 12.3 Å². The molecule has 0 fully saturated rings. The van der Waals surface area contributed by atoms with E-state index < -0.39 is 10.8 Å². The summed E-state index contributed by atoms with van der Waals surface area (Å²) in [6.45, 7) is 4.85. The van der Waals surface area contributed by atoms with Crippen LogP contribution in [-0.2, 0) is 10.8 Å². The van der Waals surface area contributed by atoms with Gasteiger partial charge in [-0.05, 0) is 7.05 Å². The summed E-state index contributed by atoms with van der Waals surface area (Å²) in [4.78, 5) is 0. The van der Waals surface area contributed by atoms with Gasteiger partial charge >= 0.3 is 0 Å². The van der Waals surface area contributed by atoms with Crippen molar-refractivity contribution in [3.8, 4) is 0 Å². The molecule has 58 valence electrons. The molecule has 1 unspecified atom stereocenters. The van der Waals surface area contributed by atoms with Crippen LogP contribution in [0.25, 0.3) is 0 Å². The van der Waals surface area contributed by atoms with Crippen LogP contribution in [0.1, 0.15) is 13.8 Å². The van der Waals surface area contributed by atoms with Crippen molar-refractivity contribution in [2.45, 2.75) is 13.8 Å². The molecule has 0 saturated carbocycles. The molecular weight excluding hydrogens is 134 g/mol. The van der Waals surface area contributed by atoms with Crippen LogP contribution in [-0.4, -0.2) is 29.8 Å². The quantitative estimate of drug-likeness (QED) is 0.640. The van der Waals surface area contributed by atoms with Gasteiger partial charge in [-0.25, -0.2) is 0 Å². The predicted molar refractivity (Wildman–Crippen MR) is 44.2 cm³/mol. The van der Waals surface area contributed by atoms with Crippen LogP contribution in [0.5, 0.6) is 0 Å². The Morgan fingerprint density at radius 1 is 1.44 bits per heavy atom. The molecule has 0 aliphatic carbocycles. The van der Waals surface area contributed by atoms with E-state index in [1.54, 1.807) is 6.26 Å². The van der Waals surface area contributed by atoms with E-state index in [-0.39, 0.29) is 0 Å². The molecule has 0 aromatic rings. The van der Waals surface area contributed by atoms with Crippen LogP contribution in [0.15, 0.2) is 0 Å². The standard InChI is InChI=1S/C4H11NOS.C2H6/c1-5-3-4-7(2)6;1-2/h5H,3-4H2,1-2H3;1-2H3. The zero-order valence-corrected chi connectivity index (χ0v) is 7.55. The average Bonchev–Trinajstić information content (AvgIpc) is 1.88. The summed E-state index contributed by atoms with van der Waals surface area (Å²) in [5.74, 6) is 0.760. The summed E-state index contributed by atoms with van der Waals surface area (Å²) < 4.78 is 10.3. The predicted octanol–water partition coefficient (Wildman–Crippen LogP) is 0.611. The molecule has 0 aromatic heterocycles. The normalized spacial score (nSPS) is 11.6. The van der Waals surface area contributed by atoms with Gasteiger partial charge in [0, 0.05) is 29.4 Å². The Labute approximate surface area is 60.5 Å². The van der Waals surface area contributed by atoms with Gasteiger partial charge in [-0.1, -0.05) is 13.8 Å². The van der Waals surface area contributed by atoms with Crippen LogP contribution >= 0.6 is 0 Å². The van der Waals surface area contributed by atoms with Gasteiger partial charge in [0.1, 0.15) is 0 Å². The maximum absolute atomic E-state index is 10.3. The average molecular weight is 151 g/mol. The van der Waals surface area contributed by atoms with Gasteiger partial charge in [0.2, 0.25) is 0 Å². The highest BCUT2D eigenvalue weighted by Crippen LogP contribution is 1.67. The van der Waals surface area contributed by atoms with E-state index in [9.17, 15) is 4.21 Å². The maximum atomic E-state index is 10.3. The molecule has 0 radical (unpaired) electrons. The fourth-order valence-electron chi connectivity index (χ4n) is 0.246. The summed E-state index contributed by atoms with van der Waals surface area (Å²) in [6.07, 6.45) is 1.71. The van der Waals surface area contributed by atoms with Crippen molar-refractivity contribution in [1.82, 2.24) is 5.32 Å². The Hall–Kier alpha value is 0.110. The number of hydrogen-bond donors (Lipinski definition) is 1. The molecule has 0 spiro atoms. The van der Waals surface area contributed by atoms with E-state index in [1.807, 2.05) is 20.9 Å². The zero-order valence-electron chi connectivity index (χ0n) is 6.73. The van der Waals surface area contributed by atoms with Crippen molar-refractivity contribution in [1.29, 1.82) is 0 Å². The lowest BCUT2D eigenvalue weighted by atomic mass is 10.8. The molecule has 0 rings (SSSR count). The third-order valence-corrected chi connectivity index (χ3v) is 1.42. The Morgan fingerprint density at radius 2 is 1.89 bits per heavy atom.